The molecular formula is C28H27N3O3. The molecule has 0 spiro atoms. The molecule has 2 heterocycles. The van der Waals surface area contributed by atoms with Crippen molar-refractivity contribution >= 4 is 11.7 Å². The van der Waals surface area contributed by atoms with Gasteiger partial charge in [0, 0.05) is 18.0 Å². The Bertz CT molecular complexity index is 1330. The summed E-state index contributed by atoms with van der Waals surface area (Å²) in [4.78, 5) is 15.7. The van der Waals surface area contributed by atoms with E-state index in [2.05, 4.69) is 65.5 Å². The predicted molar refractivity (Wildman–Crippen MR) is 133 cm³/mol. The molecule has 0 radical (unpaired) electrons. The molecule has 5 rings (SSSR count). The first kappa shape index (κ1) is 21.6. The molecule has 1 atom stereocenters. The van der Waals surface area contributed by atoms with Gasteiger partial charge in [0.2, 0.25) is 0 Å². The number of aromatic nitrogens is 1. The SMILES string of the molecule is COc1ccc(NC(=O)N2Cc3ccccc3-n3cccc3[C@@H]2c2ccc(C)cc2)c(OC)c1. The molecule has 0 fully saturated rings. The standard InChI is InChI=1S/C28H27N3O3/c1-19-10-12-20(13-11-19)27-25-9-6-16-30(25)24-8-5-4-7-21(24)18-31(27)28(32)29-23-15-14-22(33-2)17-26(23)34-3/h4-17,27H,18H2,1-3H3,(H,29,32)/t27-/m0/s1. The number of carbonyl (C=O) groups excluding carboxylic acids is 1. The van der Waals surface area contributed by atoms with Crippen molar-refractivity contribution in [1.29, 1.82) is 0 Å². The third kappa shape index (κ3) is 3.88. The number of aryl methyl sites for hydroxylation is 1. The number of anilines is 1. The first-order chi connectivity index (χ1) is 16.6. The fourth-order valence-electron chi connectivity index (χ4n) is 4.53. The quantitative estimate of drug-likeness (QED) is 0.416. The van der Waals surface area contributed by atoms with E-state index in [0.29, 0.717) is 23.7 Å². The zero-order valence-corrected chi connectivity index (χ0v) is 19.5. The van der Waals surface area contributed by atoms with Crippen LogP contribution in [-0.4, -0.2) is 29.7 Å². The number of urea groups is 1. The van der Waals surface area contributed by atoms with Crippen LogP contribution in [0.4, 0.5) is 10.5 Å². The molecule has 0 aliphatic carbocycles. The number of methoxy groups -OCH3 is 2. The van der Waals surface area contributed by atoms with E-state index < -0.39 is 0 Å². The highest BCUT2D eigenvalue weighted by atomic mass is 16.5. The van der Waals surface area contributed by atoms with Gasteiger partial charge in [-0.15, -0.1) is 0 Å². The Balaban J connectivity index is 1.60. The van der Waals surface area contributed by atoms with Crippen molar-refractivity contribution in [3.05, 3.63) is 107 Å². The van der Waals surface area contributed by atoms with Crippen LogP contribution < -0.4 is 14.8 Å². The lowest BCUT2D eigenvalue weighted by atomic mass is 10.0. The van der Waals surface area contributed by atoms with Crippen molar-refractivity contribution in [3.8, 4) is 17.2 Å². The van der Waals surface area contributed by atoms with Crippen LogP contribution in [0.3, 0.4) is 0 Å². The lowest BCUT2D eigenvalue weighted by Crippen LogP contribution is -2.38. The topological polar surface area (TPSA) is 55.7 Å². The number of carbonyl (C=O) groups is 1. The molecule has 0 bridgehead atoms. The van der Waals surface area contributed by atoms with Gasteiger partial charge in [-0.2, -0.15) is 0 Å². The maximum Gasteiger partial charge on any atom is 0.323 e. The maximum absolute atomic E-state index is 13.9. The minimum Gasteiger partial charge on any atom is -0.497 e. The molecule has 2 amide bonds. The smallest absolute Gasteiger partial charge is 0.323 e. The largest absolute Gasteiger partial charge is 0.497 e. The van der Waals surface area contributed by atoms with Crippen LogP contribution in [0.15, 0.2) is 85.1 Å². The predicted octanol–water partition coefficient (Wildman–Crippen LogP) is 5.94. The Morgan fingerprint density at radius 1 is 0.941 bits per heavy atom. The molecular weight excluding hydrogens is 426 g/mol. The van der Waals surface area contributed by atoms with E-state index in [1.54, 1.807) is 32.4 Å². The van der Waals surface area contributed by atoms with Crippen molar-refractivity contribution < 1.29 is 14.3 Å². The minimum atomic E-state index is -0.271. The number of ether oxygens (including phenoxy) is 2. The normalized spacial score (nSPS) is 14.6. The molecule has 6 heteroatoms. The first-order valence-corrected chi connectivity index (χ1v) is 11.2. The summed E-state index contributed by atoms with van der Waals surface area (Å²) in [6, 6.07) is 25.6. The average Bonchev–Trinajstić information content (AvgIpc) is 3.29. The lowest BCUT2D eigenvalue weighted by Gasteiger charge is -2.31. The van der Waals surface area contributed by atoms with Crippen LogP contribution in [0.25, 0.3) is 5.69 Å². The Labute approximate surface area is 199 Å². The van der Waals surface area contributed by atoms with Gasteiger partial charge in [0.05, 0.1) is 38.2 Å². The van der Waals surface area contributed by atoms with Gasteiger partial charge in [-0.3, -0.25) is 0 Å². The van der Waals surface area contributed by atoms with E-state index in [9.17, 15) is 4.79 Å². The van der Waals surface area contributed by atoms with Crippen molar-refractivity contribution in [2.45, 2.75) is 19.5 Å². The van der Waals surface area contributed by atoms with Crippen molar-refractivity contribution in [2.24, 2.45) is 0 Å². The fourth-order valence-corrected chi connectivity index (χ4v) is 4.53. The molecule has 0 unspecified atom stereocenters. The Hall–Kier alpha value is -4.19. The molecule has 1 aliphatic heterocycles. The van der Waals surface area contributed by atoms with Crippen LogP contribution in [0.1, 0.15) is 28.4 Å². The highest BCUT2D eigenvalue weighted by Crippen LogP contribution is 2.38. The third-order valence-corrected chi connectivity index (χ3v) is 6.27. The average molecular weight is 454 g/mol. The summed E-state index contributed by atoms with van der Waals surface area (Å²) in [7, 11) is 3.18. The van der Waals surface area contributed by atoms with Crippen molar-refractivity contribution in [2.75, 3.05) is 19.5 Å². The van der Waals surface area contributed by atoms with E-state index in [1.807, 2.05) is 23.1 Å². The van der Waals surface area contributed by atoms with Crippen LogP contribution in [0, 0.1) is 6.92 Å². The summed E-state index contributed by atoms with van der Waals surface area (Å²) >= 11 is 0. The molecule has 1 aliphatic rings. The van der Waals surface area contributed by atoms with Gasteiger partial charge in [0.25, 0.3) is 0 Å². The molecule has 0 saturated carbocycles. The van der Waals surface area contributed by atoms with Gasteiger partial charge in [-0.25, -0.2) is 4.79 Å². The van der Waals surface area contributed by atoms with Gasteiger partial charge in [-0.1, -0.05) is 48.0 Å². The van der Waals surface area contributed by atoms with Crippen LogP contribution >= 0.6 is 0 Å². The lowest BCUT2D eigenvalue weighted by molar-refractivity contribution is 0.194. The zero-order chi connectivity index (χ0) is 23.7. The van der Waals surface area contributed by atoms with Crippen LogP contribution in [-0.2, 0) is 6.54 Å². The van der Waals surface area contributed by atoms with E-state index in [4.69, 9.17) is 9.47 Å². The Morgan fingerprint density at radius 3 is 2.50 bits per heavy atom. The summed E-state index contributed by atoms with van der Waals surface area (Å²) in [6.45, 7) is 2.52. The van der Waals surface area contributed by atoms with Gasteiger partial charge < -0.3 is 24.3 Å². The van der Waals surface area contributed by atoms with Gasteiger partial charge in [0.1, 0.15) is 11.5 Å². The van der Waals surface area contributed by atoms with Gasteiger partial charge in [-0.05, 0) is 48.4 Å². The minimum absolute atomic E-state index is 0.210. The number of nitrogens with one attached hydrogen (secondary N) is 1. The molecule has 3 aromatic carbocycles. The highest BCUT2D eigenvalue weighted by Gasteiger charge is 2.33. The van der Waals surface area contributed by atoms with Gasteiger partial charge in [0.15, 0.2) is 0 Å². The second-order valence-electron chi connectivity index (χ2n) is 8.37. The third-order valence-electron chi connectivity index (χ3n) is 6.27. The highest BCUT2D eigenvalue weighted by molar-refractivity contribution is 5.92. The molecule has 1 N–H and O–H groups in total. The second kappa shape index (κ2) is 8.98. The number of fused-ring (bicyclic) bond motifs is 3. The second-order valence-corrected chi connectivity index (χ2v) is 8.37. The number of benzene rings is 3. The van der Waals surface area contributed by atoms with E-state index in [0.717, 1.165) is 22.5 Å². The number of rotatable bonds is 4. The Morgan fingerprint density at radius 2 is 1.74 bits per heavy atom. The van der Waals surface area contributed by atoms with E-state index in [1.165, 1.54) is 5.56 Å². The number of nitrogens with zero attached hydrogens (tertiary/aromatic N) is 2. The zero-order valence-electron chi connectivity index (χ0n) is 19.5. The van der Waals surface area contributed by atoms with Crippen LogP contribution in [0.5, 0.6) is 11.5 Å². The maximum atomic E-state index is 13.9. The van der Waals surface area contributed by atoms with E-state index >= 15 is 0 Å². The van der Waals surface area contributed by atoms with Gasteiger partial charge >= 0.3 is 6.03 Å². The van der Waals surface area contributed by atoms with Crippen LogP contribution in [0.2, 0.25) is 0 Å². The number of para-hydroxylation sites is 1. The first-order valence-electron chi connectivity index (χ1n) is 11.2. The fraction of sp³-hybridized carbons (Fsp3) is 0.179. The summed E-state index contributed by atoms with van der Waals surface area (Å²) < 4.78 is 13.0. The van der Waals surface area contributed by atoms with E-state index in [-0.39, 0.29) is 12.1 Å². The van der Waals surface area contributed by atoms with Crippen molar-refractivity contribution in [3.63, 3.8) is 0 Å². The number of amides is 2. The summed E-state index contributed by atoms with van der Waals surface area (Å²) in [5, 5.41) is 3.07. The Kier molecular flexibility index (Phi) is 5.72. The summed E-state index contributed by atoms with van der Waals surface area (Å²) in [5.74, 6) is 1.20. The summed E-state index contributed by atoms with van der Waals surface area (Å²) in [6.07, 6.45) is 2.06. The molecule has 4 aromatic rings. The number of hydrogen-bond donors (Lipinski definition) is 1. The monoisotopic (exact) mass is 453 g/mol. The molecule has 34 heavy (non-hydrogen) atoms. The molecule has 6 nitrogen and oxygen atoms in total. The summed E-state index contributed by atoms with van der Waals surface area (Å²) in [5.41, 5.74) is 6.00. The van der Waals surface area contributed by atoms with Crippen molar-refractivity contribution in [1.82, 2.24) is 9.47 Å². The molecule has 0 saturated heterocycles. The molecule has 1 aromatic heterocycles. The number of hydrogen-bond acceptors (Lipinski definition) is 3. The molecule has 172 valence electrons.